The fourth-order valence-corrected chi connectivity index (χ4v) is 8.57. The van der Waals surface area contributed by atoms with Gasteiger partial charge in [0.15, 0.2) is 11.6 Å². The van der Waals surface area contributed by atoms with Crippen LogP contribution in [0.5, 0.6) is 5.88 Å². The highest BCUT2D eigenvalue weighted by atomic mass is 32.2. The highest BCUT2D eigenvalue weighted by Crippen LogP contribution is 2.46. The van der Waals surface area contributed by atoms with Gasteiger partial charge in [-0.1, -0.05) is 43.1 Å². The van der Waals surface area contributed by atoms with Crippen molar-refractivity contribution in [2.45, 2.75) is 100 Å². The van der Waals surface area contributed by atoms with Crippen molar-refractivity contribution in [3.63, 3.8) is 0 Å². The highest BCUT2D eigenvalue weighted by Gasteiger charge is 2.62. The predicted octanol–water partition coefficient (Wildman–Crippen LogP) is 3.56. The lowest BCUT2D eigenvalue weighted by molar-refractivity contribution is -0.142. The summed E-state index contributed by atoms with van der Waals surface area (Å²) in [6.45, 7) is 1.78. The Hall–Kier alpha value is -4.73. The quantitative estimate of drug-likeness (QED) is 0.241. The molecule has 3 aromatic rings. The molecular weight excluding hydrogens is 695 g/mol. The van der Waals surface area contributed by atoms with Crippen molar-refractivity contribution in [2.75, 3.05) is 6.54 Å². The Morgan fingerprint density at radius 3 is 2.71 bits per heavy atom. The minimum atomic E-state index is -3.91. The van der Waals surface area contributed by atoms with E-state index in [2.05, 4.69) is 25.2 Å². The van der Waals surface area contributed by atoms with Gasteiger partial charge in [-0.2, -0.15) is 0 Å². The number of benzene rings is 1. The van der Waals surface area contributed by atoms with E-state index in [9.17, 15) is 32.0 Å². The molecule has 16 heteroatoms. The van der Waals surface area contributed by atoms with Crippen LogP contribution in [0.1, 0.15) is 87.3 Å². The number of carbonyl (C=O) groups excluding carboxylic acids is 4. The number of aryl methyl sites for hydroxylation is 1. The topological polar surface area (TPSA) is 191 Å². The van der Waals surface area contributed by atoms with Crippen LogP contribution in [0.4, 0.5) is 4.39 Å². The molecule has 3 fully saturated rings. The fraction of sp³-hybridized carbons (Fsp3) is 0.528. The van der Waals surface area contributed by atoms with E-state index in [4.69, 9.17) is 9.26 Å². The molecule has 0 unspecified atom stereocenters. The van der Waals surface area contributed by atoms with Crippen molar-refractivity contribution in [3.05, 3.63) is 59.9 Å². The molecule has 2 aliphatic heterocycles. The molecule has 0 spiro atoms. The number of aromatic nitrogens is 3. The van der Waals surface area contributed by atoms with Gasteiger partial charge in [0.1, 0.15) is 40.9 Å². The molecule has 2 aromatic heterocycles. The van der Waals surface area contributed by atoms with Crippen molar-refractivity contribution in [2.24, 2.45) is 11.8 Å². The van der Waals surface area contributed by atoms with Crippen LogP contribution in [0.2, 0.25) is 0 Å². The van der Waals surface area contributed by atoms with Gasteiger partial charge in [0.2, 0.25) is 27.7 Å². The number of carbonyl (C=O) groups is 4. The zero-order chi connectivity index (χ0) is 36.6. The van der Waals surface area contributed by atoms with E-state index in [0.29, 0.717) is 49.7 Å². The standard InChI is InChI=1S/C36H41FN6O8S/c1-2-26-33(39-31-25(37)11-8-12-28(31)38-26)51-23-18-29-32(45)40-36(35(47)42-52(48,49)24-13-14-24)19-22(36)10-7-5-3-4-6-9-21(34(46)43(29)20-23)17-30(44)27-15-16-50-41-27/h7-8,10-12,15-16,21-24,29H,2-6,9,13-14,17-20H2,1H3,(H,40,45)(H,42,47)/b10-7-/t21-,22-,23-,29+,36-/m1/s1. The summed E-state index contributed by atoms with van der Waals surface area (Å²) >= 11 is 0. The Morgan fingerprint density at radius 1 is 1.13 bits per heavy atom. The van der Waals surface area contributed by atoms with Gasteiger partial charge in [0, 0.05) is 30.7 Å². The van der Waals surface area contributed by atoms with E-state index in [-0.39, 0.29) is 48.7 Å². The van der Waals surface area contributed by atoms with Crippen LogP contribution in [0.25, 0.3) is 11.0 Å². The summed E-state index contributed by atoms with van der Waals surface area (Å²) in [6, 6.07) is 4.74. The zero-order valence-electron chi connectivity index (χ0n) is 28.8. The molecule has 4 aliphatic rings. The van der Waals surface area contributed by atoms with E-state index in [1.165, 1.54) is 29.4 Å². The van der Waals surface area contributed by atoms with Crippen LogP contribution in [-0.4, -0.2) is 81.4 Å². The number of ether oxygens (including phenoxy) is 1. The lowest BCUT2D eigenvalue weighted by atomic mass is 9.92. The van der Waals surface area contributed by atoms with E-state index in [0.717, 1.165) is 12.8 Å². The lowest BCUT2D eigenvalue weighted by Gasteiger charge is -2.29. The van der Waals surface area contributed by atoms with Crippen LogP contribution in [0, 0.1) is 17.7 Å². The maximum Gasteiger partial charge on any atom is 0.259 e. The Balaban J connectivity index is 1.20. The summed E-state index contributed by atoms with van der Waals surface area (Å²) in [5.74, 6) is -4.03. The monoisotopic (exact) mass is 736 g/mol. The SMILES string of the molecule is CCc1nc2cccc(F)c2nc1O[C@@H]1C[C@H]2C(=O)N[C@]3(C(=O)NS(=O)(=O)C4CC4)C[C@H]3/C=C\CCCCC[C@H](CC(=O)c3ccon3)C(=O)N2C1. The lowest BCUT2D eigenvalue weighted by Crippen LogP contribution is -2.57. The maximum atomic E-state index is 14.7. The number of rotatable bonds is 9. The molecule has 2 aliphatic carbocycles. The average molecular weight is 737 g/mol. The molecule has 4 heterocycles. The molecule has 1 aromatic carbocycles. The number of amides is 3. The first-order chi connectivity index (χ1) is 25.0. The second-order valence-corrected chi connectivity index (χ2v) is 16.1. The molecule has 0 bridgehead atoms. The average Bonchev–Trinajstić information content (AvgIpc) is 3.98. The number of Topliss-reactive ketones (excluding diaryl/α,β-unsaturated/α-hetero) is 1. The van der Waals surface area contributed by atoms with Crippen LogP contribution in [-0.2, 0) is 30.8 Å². The molecule has 276 valence electrons. The number of hydrogen-bond acceptors (Lipinski definition) is 11. The largest absolute Gasteiger partial charge is 0.471 e. The van der Waals surface area contributed by atoms with Crippen molar-refractivity contribution in [1.82, 2.24) is 30.1 Å². The first-order valence-corrected chi connectivity index (χ1v) is 19.4. The van der Waals surface area contributed by atoms with E-state index >= 15 is 0 Å². The third-order valence-corrected chi connectivity index (χ3v) is 12.2. The molecule has 7 rings (SSSR count). The summed E-state index contributed by atoms with van der Waals surface area (Å²) in [5, 5.41) is 5.94. The molecule has 14 nitrogen and oxygen atoms in total. The minimum absolute atomic E-state index is 0.0136. The maximum absolute atomic E-state index is 14.7. The van der Waals surface area contributed by atoms with Gasteiger partial charge in [-0.15, -0.1) is 0 Å². The van der Waals surface area contributed by atoms with Crippen LogP contribution in [0.15, 0.2) is 47.2 Å². The fourth-order valence-electron chi connectivity index (χ4n) is 7.21. The predicted molar refractivity (Wildman–Crippen MR) is 184 cm³/mol. The van der Waals surface area contributed by atoms with Crippen molar-refractivity contribution < 1.29 is 41.2 Å². The van der Waals surface area contributed by atoms with Gasteiger partial charge in [0.25, 0.3) is 5.91 Å². The molecule has 1 saturated heterocycles. The van der Waals surface area contributed by atoms with Gasteiger partial charge in [-0.3, -0.25) is 23.9 Å². The van der Waals surface area contributed by atoms with E-state index in [1.807, 2.05) is 19.1 Å². The molecule has 2 saturated carbocycles. The van der Waals surface area contributed by atoms with E-state index in [1.54, 1.807) is 6.07 Å². The summed E-state index contributed by atoms with van der Waals surface area (Å²) < 4.78 is 53.7. The minimum Gasteiger partial charge on any atom is -0.471 e. The first kappa shape index (κ1) is 35.7. The number of halogens is 1. The second kappa shape index (κ2) is 14.4. The molecule has 5 atom stereocenters. The number of fused-ring (bicyclic) bond motifs is 3. The third kappa shape index (κ3) is 7.30. The Kier molecular flexibility index (Phi) is 9.85. The molecule has 3 amide bonds. The Bertz CT molecular complexity index is 2020. The number of nitrogens with zero attached hydrogens (tertiary/aromatic N) is 4. The number of sulfonamides is 1. The van der Waals surface area contributed by atoms with Crippen molar-refractivity contribution in [1.29, 1.82) is 0 Å². The normalized spacial score (nSPS) is 27.5. The molecule has 2 N–H and O–H groups in total. The van der Waals surface area contributed by atoms with Crippen LogP contribution >= 0.6 is 0 Å². The molecular formula is C36H41FN6O8S. The summed E-state index contributed by atoms with van der Waals surface area (Å²) in [7, 11) is -3.91. The van der Waals surface area contributed by atoms with Crippen molar-refractivity contribution in [3.8, 4) is 5.88 Å². The van der Waals surface area contributed by atoms with Crippen LogP contribution < -0.4 is 14.8 Å². The smallest absolute Gasteiger partial charge is 0.259 e. The van der Waals surface area contributed by atoms with Gasteiger partial charge >= 0.3 is 0 Å². The zero-order valence-corrected chi connectivity index (χ0v) is 29.6. The number of allylic oxidation sites excluding steroid dienone is 1. The molecule has 52 heavy (non-hydrogen) atoms. The summed E-state index contributed by atoms with van der Waals surface area (Å²) in [5.41, 5.74) is -0.589. The van der Waals surface area contributed by atoms with Gasteiger partial charge in [-0.05, 0) is 57.1 Å². The Morgan fingerprint density at radius 2 is 1.96 bits per heavy atom. The van der Waals surface area contributed by atoms with Gasteiger partial charge in [-0.25, -0.2) is 22.8 Å². The van der Waals surface area contributed by atoms with E-state index < -0.39 is 68.3 Å². The number of hydrogen-bond donors (Lipinski definition) is 2. The third-order valence-electron chi connectivity index (χ3n) is 10.4. The van der Waals surface area contributed by atoms with Crippen molar-refractivity contribution >= 4 is 44.6 Å². The van der Waals surface area contributed by atoms with Crippen LogP contribution in [0.3, 0.4) is 0 Å². The van der Waals surface area contributed by atoms with Gasteiger partial charge in [0.05, 0.1) is 17.3 Å². The Labute approximate surface area is 300 Å². The number of para-hydroxylation sites is 1. The summed E-state index contributed by atoms with van der Waals surface area (Å²) in [4.78, 5) is 66.0. The number of nitrogens with one attached hydrogen (secondary N) is 2. The first-order valence-electron chi connectivity index (χ1n) is 17.9. The summed E-state index contributed by atoms with van der Waals surface area (Å²) in [6.07, 6.45) is 8.89. The highest BCUT2D eigenvalue weighted by molar-refractivity contribution is 7.91. The number of ketones is 1. The van der Waals surface area contributed by atoms with Gasteiger partial charge < -0.3 is 19.5 Å². The molecule has 0 radical (unpaired) electrons. The second-order valence-electron chi connectivity index (χ2n) is 14.1.